The van der Waals surface area contributed by atoms with E-state index >= 15 is 0 Å². The quantitative estimate of drug-likeness (QED) is 0.302. The summed E-state index contributed by atoms with van der Waals surface area (Å²) in [4.78, 5) is 18.7. The number of benzene rings is 1. The molecule has 3 N–H and O–H groups in total. The first-order chi connectivity index (χ1) is 14.4. The summed E-state index contributed by atoms with van der Waals surface area (Å²) in [6.45, 7) is 8.79. The van der Waals surface area contributed by atoms with E-state index in [1.54, 1.807) is 12.1 Å². The van der Waals surface area contributed by atoms with Gasteiger partial charge >= 0.3 is 5.97 Å². The minimum Gasteiger partial charge on any atom is -0.496 e. The van der Waals surface area contributed by atoms with Crippen molar-refractivity contribution in [3.05, 3.63) is 29.3 Å². The summed E-state index contributed by atoms with van der Waals surface area (Å²) < 4.78 is 15.4. The molecule has 1 aliphatic heterocycles. The van der Waals surface area contributed by atoms with Crippen LogP contribution in [0.4, 0.5) is 0 Å². The number of carbonyl (C=O) groups excluding carboxylic acids is 1. The van der Waals surface area contributed by atoms with Crippen LogP contribution in [-0.4, -0.2) is 87.7 Å². The van der Waals surface area contributed by atoms with Gasteiger partial charge in [-0.2, -0.15) is 0 Å². The highest BCUT2D eigenvalue weighted by Crippen LogP contribution is 2.21. The second-order valence-electron chi connectivity index (χ2n) is 7.46. The standard InChI is InChI=1S/C21H34N4O5/c1-5-22-20(24-14-21(2,27)15-25-8-10-30-11-9-25)23-13-16-6-7-18(28-3)17(12-16)19(26)29-4/h6-7,12,27H,5,8-11,13-15H2,1-4H3,(H2,22,23,24). The van der Waals surface area contributed by atoms with Gasteiger partial charge in [0.05, 0.1) is 39.6 Å². The zero-order chi connectivity index (χ0) is 22.0. The molecule has 1 aromatic carbocycles. The Morgan fingerprint density at radius 3 is 2.67 bits per heavy atom. The molecule has 1 aliphatic rings. The van der Waals surface area contributed by atoms with Crippen molar-refractivity contribution in [3.8, 4) is 5.75 Å². The number of hydrogen-bond acceptors (Lipinski definition) is 7. The van der Waals surface area contributed by atoms with E-state index in [4.69, 9.17) is 14.2 Å². The average Bonchev–Trinajstić information content (AvgIpc) is 2.75. The van der Waals surface area contributed by atoms with Gasteiger partial charge in [-0.05, 0) is 31.5 Å². The molecule has 168 valence electrons. The number of rotatable bonds is 9. The second kappa shape index (κ2) is 11.7. The van der Waals surface area contributed by atoms with Gasteiger partial charge in [-0.1, -0.05) is 6.07 Å². The summed E-state index contributed by atoms with van der Waals surface area (Å²) >= 11 is 0. The fourth-order valence-corrected chi connectivity index (χ4v) is 3.21. The number of aliphatic imine (C=N–C) groups is 1. The highest BCUT2D eigenvalue weighted by Gasteiger charge is 2.25. The molecule has 0 bridgehead atoms. The molecule has 0 aliphatic carbocycles. The Hall–Kier alpha value is -2.36. The number of hydrogen-bond donors (Lipinski definition) is 3. The van der Waals surface area contributed by atoms with Crippen LogP contribution in [-0.2, 0) is 16.0 Å². The number of nitrogens with one attached hydrogen (secondary N) is 2. The Kier molecular flexibility index (Phi) is 9.35. The average molecular weight is 423 g/mol. The summed E-state index contributed by atoms with van der Waals surface area (Å²) in [6, 6.07) is 5.30. The number of methoxy groups -OCH3 is 2. The largest absolute Gasteiger partial charge is 0.496 e. The number of morpholine rings is 1. The minimum absolute atomic E-state index is 0.353. The summed E-state index contributed by atoms with van der Waals surface area (Å²) in [5.41, 5.74) is 0.290. The third kappa shape index (κ3) is 7.47. The molecule has 0 saturated carbocycles. The molecule has 1 saturated heterocycles. The number of aliphatic hydroxyl groups is 1. The van der Waals surface area contributed by atoms with Gasteiger partial charge in [0, 0.05) is 32.7 Å². The van der Waals surface area contributed by atoms with Crippen LogP contribution >= 0.6 is 0 Å². The number of nitrogens with zero attached hydrogens (tertiary/aromatic N) is 2. The molecule has 9 nitrogen and oxygen atoms in total. The summed E-state index contributed by atoms with van der Waals surface area (Å²) in [5, 5.41) is 17.1. The lowest BCUT2D eigenvalue weighted by Crippen LogP contribution is -2.52. The van der Waals surface area contributed by atoms with Crippen LogP contribution in [0.1, 0.15) is 29.8 Å². The normalized spacial score (nSPS) is 17.2. The lowest BCUT2D eigenvalue weighted by molar-refractivity contribution is -0.0201. The Morgan fingerprint density at radius 2 is 2.03 bits per heavy atom. The molecule has 2 rings (SSSR count). The van der Waals surface area contributed by atoms with E-state index in [9.17, 15) is 9.90 Å². The Balaban J connectivity index is 2.00. The predicted molar refractivity (Wildman–Crippen MR) is 115 cm³/mol. The lowest BCUT2D eigenvalue weighted by atomic mass is 10.1. The monoisotopic (exact) mass is 422 g/mol. The molecule has 0 spiro atoms. The summed E-state index contributed by atoms with van der Waals surface area (Å²) in [6.07, 6.45) is 0. The summed E-state index contributed by atoms with van der Waals surface area (Å²) in [5.74, 6) is 0.593. The Morgan fingerprint density at radius 1 is 1.30 bits per heavy atom. The third-order valence-electron chi connectivity index (χ3n) is 4.74. The molecule has 1 heterocycles. The van der Waals surface area contributed by atoms with Crippen molar-refractivity contribution in [2.75, 3.05) is 60.2 Å². The van der Waals surface area contributed by atoms with Gasteiger partial charge in [0.1, 0.15) is 11.3 Å². The van der Waals surface area contributed by atoms with Crippen molar-refractivity contribution < 1.29 is 24.1 Å². The molecular weight excluding hydrogens is 388 g/mol. The number of esters is 1. The molecule has 9 heteroatoms. The van der Waals surface area contributed by atoms with Crippen LogP contribution < -0.4 is 15.4 Å². The molecule has 1 atom stereocenters. The molecule has 0 amide bonds. The maximum atomic E-state index is 12.0. The zero-order valence-corrected chi connectivity index (χ0v) is 18.4. The van der Waals surface area contributed by atoms with Gasteiger partial charge < -0.3 is 30.0 Å². The maximum Gasteiger partial charge on any atom is 0.341 e. The lowest BCUT2D eigenvalue weighted by Gasteiger charge is -2.34. The van der Waals surface area contributed by atoms with Crippen molar-refractivity contribution in [1.82, 2.24) is 15.5 Å². The number of β-amino-alcohol motifs (C(OH)–C–C–N with tert-alkyl or cyclic N) is 1. The van der Waals surface area contributed by atoms with Gasteiger partial charge in [0.2, 0.25) is 0 Å². The van der Waals surface area contributed by atoms with Gasteiger partial charge in [0.15, 0.2) is 5.96 Å². The molecule has 0 radical (unpaired) electrons. The van der Waals surface area contributed by atoms with Gasteiger partial charge in [-0.15, -0.1) is 0 Å². The highest BCUT2D eigenvalue weighted by atomic mass is 16.5. The van der Waals surface area contributed by atoms with Crippen LogP contribution in [0.2, 0.25) is 0 Å². The van der Waals surface area contributed by atoms with Crippen LogP contribution in [0.15, 0.2) is 23.2 Å². The molecule has 1 aromatic rings. The third-order valence-corrected chi connectivity index (χ3v) is 4.74. The van der Waals surface area contributed by atoms with Crippen LogP contribution in [0, 0.1) is 0 Å². The predicted octanol–water partition coefficient (Wildman–Crippen LogP) is 0.620. The minimum atomic E-state index is -0.911. The summed E-state index contributed by atoms with van der Waals surface area (Å²) in [7, 11) is 2.85. The van der Waals surface area contributed by atoms with E-state index in [2.05, 4.69) is 20.5 Å². The van der Waals surface area contributed by atoms with Crippen LogP contribution in [0.5, 0.6) is 5.75 Å². The van der Waals surface area contributed by atoms with Gasteiger partial charge in [0.25, 0.3) is 0 Å². The van der Waals surface area contributed by atoms with Crippen LogP contribution in [0.3, 0.4) is 0 Å². The Labute approximate surface area is 178 Å². The molecule has 0 aromatic heterocycles. The van der Waals surface area contributed by atoms with E-state index in [0.29, 0.717) is 56.7 Å². The first kappa shape index (κ1) is 23.9. The maximum absolute atomic E-state index is 12.0. The molecular formula is C21H34N4O5. The fourth-order valence-electron chi connectivity index (χ4n) is 3.21. The van der Waals surface area contributed by atoms with E-state index in [1.807, 2.05) is 19.9 Å². The zero-order valence-electron chi connectivity index (χ0n) is 18.4. The number of guanidine groups is 1. The molecule has 30 heavy (non-hydrogen) atoms. The molecule has 1 fully saturated rings. The SMILES string of the molecule is CCNC(=NCc1ccc(OC)c(C(=O)OC)c1)NCC(C)(O)CN1CCOCC1. The van der Waals surface area contributed by atoms with Crippen molar-refractivity contribution in [1.29, 1.82) is 0 Å². The van der Waals surface area contributed by atoms with Crippen molar-refractivity contribution in [3.63, 3.8) is 0 Å². The highest BCUT2D eigenvalue weighted by molar-refractivity contribution is 5.92. The first-order valence-electron chi connectivity index (χ1n) is 10.2. The number of ether oxygens (including phenoxy) is 3. The fraction of sp³-hybridized carbons (Fsp3) is 0.619. The van der Waals surface area contributed by atoms with E-state index < -0.39 is 11.6 Å². The second-order valence-corrected chi connectivity index (χ2v) is 7.46. The number of carbonyl (C=O) groups is 1. The van der Waals surface area contributed by atoms with Crippen molar-refractivity contribution in [2.24, 2.45) is 4.99 Å². The smallest absolute Gasteiger partial charge is 0.341 e. The topological polar surface area (TPSA) is 105 Å². The molecule has 1 unspecified atom stereocenters. The van der Waals surface area contributed by atoms with Crippen LogP contribution in [0.25, 0.3) is 0 Å². The van der Waals surface area contributed by atoms with Gasteiger partial charge in [-0.25, -0.2) is 9.79 Å². The van der Waals surface area contributed by atoms with Crippen molar-refractivity contribution >= 4 is 11.9 Å². The van der Waals surface area contributed by atoms with E-state index in [0.717, 1.165) is 18.7 Å². The van der Waals surface area contributed by atoms with Gasteiger partial charge in [-0.3, -0.25) is 4.90 Å². The Bertz CT molecular complexity index is 717. The van der Waals surface area contributed by atoms with E-state index in [-0.39, 0.29) is 0 Å². The van der Waals surface area contributed by atoms with E-state index in [1.165, 1.54) is 14.2 Å². The first-order valence-corrected chi connectivity index (χ1v) is 10.2. The van der Waals surface area contributed by atoms with Crippen molar-refractivity contribution in [2.45, 2.75) is 26.0 Å².